The van der Waals surface area contributed by atoms with Gasteiger partial charge >= 0.3 is 23.5 Å². The fourth-order valence-electron chi connectivity index (χ4n) is 6.65. The number of carbonyl (C=O) groups excluding carboxylic acids is 3. The maximum atomic E-state index is 12.7. The maximum Gasteiger partial charge on any atom is 0.481 e. The van der Waals surface area contributed by atoms with Gasteiger partial charge in [0.2, 0.25) is 17.5 Å². The number of aliphatic hydroxyl groups excluding tert-OH is 2. The van der Waals surface area contributed by atoms with Crippen LogP contribution in [-0.2, 0) is 50.7 Å². The number of nitrogens with one attached hydrogen (secondary N) is 2. The van der Waals surface area contributed by atoms with Crippen LogP contribution in [0.4, 0.5) is 5.82 Å². The van der Waals surface area contributed by atoms with Crippen molar-refractivity contribution in [3.8, 4) is 0 Å². The summed E-state index contributed by atoms with van der Waals surface area (Å²) in [5.41, 5.74) is 4.45. The van der Waals surface area contributed by atoms with E-state index in [4.69, 9.17) is 19.5 Å². The highest BCUT2D eigenvalue weighted by Gasteiger charge is 2.50. The molecule has 3 rings (SSSR count). The fourth-order valence-corrected chi connectivity index (χ4v) is 10.2. The number of aromatic nitrogens is 4. The van der Waals surface area contributed by atoms with Crippen LogP contribution in [-0.4, -0.2) is 128 Å². The summed E-state index contributed by atoms with van der Waals surface area (Å²) in [5.74, 6) is -1.17. The summed E-state index contributed by atoms with van der Waals surface area (Å²) in [4.78, 5) is 99.4. The predicted molar refractivity (Wildman–Crippen MR) is 252 cm³/mol. The first-order valence-electron chi connectivity index (χ1n) is 22.4. The minimum Gasteiger partial charge on any atom is -0.386 e. The van der Waals surface area contributed by atoms with Gasteiger partial charge in [0, 0.05) is 37.1 Å². The number of anilines is 1. The molecule has 7 unspecified atom stereocenters. The van der Waals surface area contributed by atoms with Gasteiger partial charge < -0.3 is 50.9 Å². The average Bonchev–Trinajstić information content (AvgIpc) is 3.84. The van der Waals surface area contributed by atoms with Crippen molar-refractivity contribution >= 4 is 69.1 Å². The number of hydrogen-bond acceptors (Lipinski definition) is 20. The van der Waals surface area contributed by atoms with Crippen molar-refractivity contribution in [3.05, 3.63) is 46.7 Å². The molecule has 1 saturated heterocycles. The van der Waals surface area contributed by atoms with Gasteiger partial charge in [0.25, 0.3) is 0 Å². The van der Waals surface area contributed by atoms with Gasteiger partial charge in [-0.1, -0.05) is 76.8 Å². The predicted octanol–water partition coefficient (Wildman–Crippen LogP) is 4.08. The van der Waals surface area contributed by atoms with Gasteiger partial charge in [0.1, 0.15) is 36.3 Å². The molecule has 10 N–H and O–H groups in total. The van der Waals surface area contributed by atoms with Crippen LogP contribution in [0.3, 0.4) is 0 Å². The molecule has 7 atom stereocenters. The molecule has 31 heteroatoms. The van der Waals surface area contributed by atoms with Crippen LogP contribution in [0.5, 0.6) is 0 Å². The number of allylic oxidation sites excluding steroid dienone is 3. The topological polar surface area (TPSA) is 407 Å². The molecule has 27 nitrogen and oxygen atoms in total. The average molecular weight is 1070 g/mol. The SMILES string of the molecule is CCCCC/C=C/C/C(=C/CCCCCCCC(=O)SCCNC(=O)CCNC(=O)C(O)C(C)(C)COP(=O)(O)OP(=O)(O)OCC1OC(n2cnc3c(N)ncnc32)C(O)C1OP(=O)(O)O)[N+](=O)[O-]. The number of aliphatic hydroxyl groups is 2. The van der Waals surface area contributed by atoms with Crippen LogP contribution >= 0.6 is 35.2 Å². The summed E-state index contributed by atoms with van der Waals surface area (Å²) >= 11 is 1.08. The minimum atomic E-state index is -5.59. The number of phosphoric ester groups is 3. The first kappa shape index (κ1) is 60.7. The Hall–Kier alpha value is -3.56. The van der Waals surface area contributed by atoms with Gasteiger partial charge in [0.05, 0.1) is 30.9 Å². The fraction of sp³-hybridized carbons (Fsp3) is 0.692. The van der Waals surface area contributed by atoms with E-state index in [9.17, 15) is 68.0 Å². The maximum absolute atomic E-state index is 12.7. The number of hydrogen-bond donors (Lipinski definition) is 9. The summed E-state index contributed by atoms with van der Waals surface area (Å²) in [5, 5.41) is 37.8. The van der Waals surface area contributed by atoms with E-state index in [1.165, 1.54) is 13.8 Å². The highest BCUT2D eigenvalue weighted by Crippen LogP contribution is 2.61. The molecule has 0 bridgehead atoms. The van der Waals surface area contributed by atoms with Crippen molar-refractivity contribution in [1.29, 1.82) is 0 Å². The number of carbonyl (C=O) groups is 3. The lowest BCUT2D eigenvalue weighted by Gasteiger charge is -2.30. The van der Waals surface area contributed by atoms with Crippen molar-refractivity contribution in [3.63, 3.8) is 0 Å². The van der Waals surface area contributed by atoms with Gasteiger partial charge in [-0.25, -0.2) is 28.6 Å². The molecule has 0 aliphatic carbocycles. The Morgan fingerprint density at radius 3 is 2.36 bits per heavy atom. The number of fused-ring (bicyclic) bond motifs is 1. The number of unbranched alkanes of at least 4 members (excludes halogenated alkanes) is 8. The standard InChI is InChI=1S/C39H65N8O19P3S/c1-4-5-6-7-10-13-16-27(47(53)54)17-14-11-8-9-12-15-18-30(49)70-22-21-41-29(48)19-20-42-37(52)34(51)39(2,3)24-63-69(60,61)66-68(58,59)62-23-28-33(65-67(55,56)57)32(50)38(64-28)46-26-45-31-35(40)43-25-44-36(31)46/h10,13,17,25-26,28,32-34,38,50-51H,4-9,11-12,14-16,18-24H2,1-3H3,(H,41,48)(H,42,52)(H,58,59)(H,60,61)(H2,40,43,44)(H2,55,56,57)/b13-10+,27-17-. The second-order valence-electron chi connectivity index (χ2n) is 16.7. The van der Waals surface area contributed by atoms with Crippen molar-refractivity contribution in [2.75, 3.05) is 37.8 Å². The molecule has 2 aromatic rings. The van der Waals surface area contributed by atoms with E-state index in [0.29, 0.717) is 31.4 Å². The minimum absolute atomic E-state index is 0.0208. The van der Waals surface area contributed by atoms with Crippen molar-refractivity contribution < 1.29 is 85.4 Å². The van der Waals surface area contributed by atoms with Crippen molar-refractivity contribution in [2.45, 2.75) is 135 Å². The summed E-state index contributed by atoms with van der Waals surface area (Å²) in [7, 11) is -16.5. The summed E-state index contributed by atoms with van der Waals surface area (Å²) < 4.78 is 62.4. The third-order valence-corrected chi connectivity index (χ3v) is 14.5. The molecule has 0 aromatic carbocycles. The van der Waals surface area contributed by atoms with Crippen molar-refractivity contribution in [2.24, 2.45) is 5.41 Å². The Bertz CT molecular complexity index is 2250. The van der Waals surface area contributed by atoms with Crippen LogP contribution in [0, 0.1) is 15.5 Å². The van der Waals surface area contributed by atoms with Gasteiger partial charge in [-0.3, -0.25) is 42.6 Å². The number of nitrogens with zero attached hydrogens (tertiary/aromatic N) is 5. The Morgan fingerprint density at radius 1 is 0.971 bits per heavy atom. The van der Waals surface area contributed by atoms with Gasteiger partial charge in [-0.2, -0.15) is 4.31 Å². The van der Waals surface area contributed by atoms with Gasteiger partial charge in [-0.05, 0) is 38.2 Å². The molecule has 0 saturated carbocycles. The quantitative estimate of drug-likeness (QED) is 0.0157. The normalized spacial score (nSPS) is 20.0. The van der Waals surface area contributed by atoms with E-state index in [0.717, 1.165) is 80.4 Å². The third-order valence-electron chi connectivity index (χ3n) is 10.4. The summed E-state index contributed by atoms with van der Waals surface area (Å²) in [6.45, 7) is 2.53. The molecule has 1 fully saturated rings. The number of thioether (sulfide) groups is 1. The van der Waals surface area contributed by atoms with E-state index < -0.39 is 84.6 Å². The largest absolute Gasteiger partial charge is 0.481 e. The molecule has 70 heavy (non-hydrogen) atoms. The Kier molecular flexibility index (Phi) is 25.4. The van der Waals surface area contributed by atoms with Gasteiger partial charge in [-0.15, -0.1) is 0 Å². The second kappa shape index (κ2) is 29.2. The zero-order valence-corrected chi connectivity index (χ0v) is 42.6. The Balaban J connectivity index is 1.31. The van der Waals surface area contributed by atoms with E-state index in [1.807, 2.05) is 12.2 Å². The lowest BCUT2D eigenvalue weighted by atomic mass is 9.87. The Morgan fingerprint density at radius 2 is 1.66 bits per heavy atom. The molecule has 2 amide bonds. The van der Waals surface area contributed by atoms with E-state index in [-0.39, 0.29) is 52.2 Å². The van der Waals surface area contributed by atoms with E-state index in [2.05, 4.69) is 41.3 Å². The zero-order chi connectivity index (χ0) is 52.1. The smallest absolute Gasteiger partial charge is 0.386 e. The molecule has 1 aliphatic rings. The van der Waals surface area contributed by atoms with Crippen LogP contribution in [0.25, 0.3) is 11.2 Å². The lowest BCUT2D eigenvalue weighted by Crippen LogP contribution is -2.46. The summed E-state index contributed by atoms with van der Waals surface area (Å²) in [6.07, 6.45) is 8.29. The monoisotopic (exact) mass is 1070 g/mol. The van der Waals surface area contributed by atoms with Crippen LogP contribution in [0.2, 0.25) is 0 Å². The number of nitrogens with two attached hydrogens (primary N) is 1. The molecule has 396 valence electrons. The first-order chi connectivity index (χ1) is 32.9. The Labute approximate surface area is 408 Å². The number of phosphoric acid groups is 3. The van der Waals surface area contributed by atoms with Crippen molar-refractivity contribution in [1.82, 2.24) is 30.2 Å². The number of ether oxygens (including phenoxy) is 1. The molecule has 1 aliphatic heterocycles. The molecule has 3 heterocycles. The van der Waals surface area contributed by atoms with Crippen LogP contribution in [0.15, 0.2) is 36.6 Å². The molecular weight excluding hydrogens is 1010 g/mol. The molecule has 0 spiro atoms. The number of rotatable bonds is 34. The lowest BCUT2D eigenvalue weighted by molar-refractivity contribution is -0.427. The zero-order valence-electron chi connectivity index (χ0n) is 39.1. The van der Waals surface area contributed by atoms with E-state index >= 15 is 0 Å². The number of imidazole rings is 1. The summed E-state index contributed by atoms with van der Waals surface area (Å²) in [6, 6.07) is 0. The third kappa shape index (κ3) is 21.7. The molecule has 2 aromatic heterocycles. The number of amides is 2. The van der Waals surface area contributed by atoms with E-state index in [1.54, 1.807) is 6.08 Å². The van der Waals surface area contributed by atoms with Crippen LogP contribution < -0.4 is 16.4 Å². The number of nitro groups is 1. The second-order valence-corrected chi connectivity index (χ2v) is 22.1. The molecule has 0 radical (unpaired) electrons. The highest BCUT2D eigenvalue weighted by atomic mass is 32.2. The first-order valence-corrected chi connectivity index (χ1v) is 27.9. The molecular formula is C39H65N8O19P3S. The highest BCUT2D eigenvalue weighted by molar-refractivity contribution is 8.13. The van der Waals surface area contributed by atoms with Gasteiger partial charge in [0.15, 0.2) is 22.8 Å². The van der Waals surface area contributed by atoms with Crippen LogP contribution in [0.1, 0.15) is 110 Å². The number of nitrogen functional groups attached to an aromatic ring is 1.